The number of morpholine rings is 1. The molecule has 0 amide bonds. The molecule has 0 aromatic heterocycles. The molecule has 0 saturated carbocycles. The highest BCUT2D eigenvalue weighted by molar-refractivity contribution is 5.30. The zero-order valence-corrected chi connectivity index (χ0v) is 10.8. The molecule has 1 unspecified atom stereocenters. The number of ether oxygens (including phenoxy) is 2. The van der Waals surface area contributed by atoms with Gasteiger partial charge in [-0.2, -0.15) is 0 Å². The molecule has 99 valence electrons. The van der Waals surface area contributed by atoms with Crippen molar-refractivity contribution in [3.63, 3.8) is 0 Å². The van der Waals surface area contributed by atoms with E-state index in [4.69, 9.17) is 9.47 Å². The fraction of sp³-hybridized carbons (Fsp3) is 0.571. The van der Waals surface area contributed by atoms with Crippen molar-refractivity contribution < 1.29 is 14.6 Å². The second-order valence-electron chi connectivity index (χ2n) is 4.54. The summed E-state index contributed by atoms with van der Waals surface area (Å²) in [6.45, 7) is 6.17. The van der Waals surface area contributed by atoms with Crippen LogP contribution >= 0.6 is 0 Å². The van der Waals surface area contributed by atoms with Gasteiger partial charge in [-0.15, -0.1) is 0 Å². The van der Waals surface area contributed by atoms with Crippen LogP contribution in [0.5, 0.6) is 5.75 Å². The predicted molar refractivity (Wildman–Crippen MR) is 68.8 cm³/mol. The maximum Gasteiger partial charge on any atom is 0.122 e. The molecule has 0 aliphatic carbocycles. The van der Waals surface area contributed by atoms with Gasteiger partial charge in [-0.25, -0.2) is 0 Å². The lowest BCUT2D eigenvalue weighted by atomic mass is 10.2. The third kappa shape index (κ3) is 3.98. The van der Waals surface area contributed by atoms with Crippen LogP contribution in [0.15, 0.2) is 18.2 Å². The van der Waals surface area contributed by atoms with Crippen LogP contribution in [0.2, 0.25) is 0 Å². The van der Waals surface area contributed by atoms with Gasteiger partial charge in [-0.3, -0.25) is 4.90 Å². The summed E-state index contributed by atoms with van der Waals surface area (Å²) in [4.78, 5) is 2.20. The third-order valence-electron chi connectivity index (χ3n) is 3.02. The Morgan fingerprint density at radius 2 is 2.28 bits per heavy atom. The van der Waals surface area contributed by atoms with Crippen LogP contribution in [0.25, 0.3) is 0 Å². The van der Waals surface area contributed by atoms with Gasteiger partial charge in [0.15, 0.2) is 0 Å². The summed E-state index contributed by atoms with van der Waals surface area (Å²) in [5.41, 5.74) is 0.969. The molecule has 0 spiro atoms. The highest BCUT2D eigenvalue weighted by atomic mass is 16.5. The van der Waals surface area contributed by atoms with Gasteiger partial charge in [0, 0.05) is 19.6 Å². The molecule has 1 N–H and O–H groups in total. The molecule has 1 aliphatic heterocycles. The van der Waals surface area contributed by atoms with Crippen LogP contribution < -0.4 is 4.74 Å². The van der Waals surface area contributed by atoms with Gasteiger partial charge in [-0.1, -0.05) is 12.1 Å². The molecule has 1 heterocycles. The number of hydrogen-bond donors (Lipinski definition) is 1. The number of aliphatic hydroxyl groups is 1. The molecule has 1 aromatic carbocycles. The maximum atomic E-state index is 9.94. The van der Waals surface area contributed by atoms with Crippen LogP contribution in [0.4, 0.5) is 0 Å². The fourth-order valence-electron chi connectivity index (χ4n) is 1.98. The van der Waals surface area contributed by atoms with Crippen molar-refractivity contribution in [3.05, 3.63) is 29.8 Å². The monoisotopic (exact) mass is 250 g/mol. The maximum absolute atomic E-state index is 9.94. The van der Waals surface area contributed by atoms with Crippen LogP contribution in [-0.4, -0.2) is 55.6 Å². The van der Waals surface area contributed by atoms with E-state index in [-0.39, 0.29) is 0 Å². The van der Waals surface area contributed by atoms with Gasteiger partial charge in [-0.05, 0) is 24.6 Å². The second kappa shape index (κ2) is 6.73. The Hall–Kier alpha value is -1.10. The average Bonchev–Trinajstić information content (AvgIpc) is 2.39. The van der Waals surface area contributed by atoms with Gasteiger partial charge >= 0.3 is 0 Å². The summed E-state index contributed by atoms with van der Waals surface area (Å²) in [7, 11) is 0. The molecule has 1 atom stereocenters. The summed E-state index contributed by atoms with van der Waals surface area (Å²) >= 11 is 0. The zero-order valence-electron chi connectivity index (χ0n) is 10.8. The van der Waals surface area contributed by atoms with E-state index in [1.807, 2.05) is 25.1 Å². The third-order valence-corrected chi connectivity index (χ3v) is 3.02. The Kier molecular flexibility index (Phi) is 4.99. The highest BCUT2D eigenvalue weighted by Gasteiger charge is 2.15. The molecular formula is C14H20NO3. The van der Waals surface area contributed by atoms with Gasteiger partial charge in [0.05, 0.1) is 13.2 Å². The van der Waals surface area contributed by atoms with Crippen molar-refractivity contribution in [1.29, 1.82) is 0 Å². The minimum atomic E-state index is -0.470. The lowest BCUT2D eigenvalue weighted by molar-refractivity contribution is 0.00460. The van der Waals surface area contributed by atoms with E-state index in [1.165, 1.54) is 0 Å². The van der Waals surface area contributed by atoms with Crippen molar-refractivity contribution in [2.75, 3.05) is 39.5 Å². The van der Waals surface area contributed by atoms with E-state index in [0.29, 0.717) is 13.2 Å². The SMILES string of the molecule is Cc1[c]cccc1OCC(O)CN1CCOCC1. The number of hydrogen-bond acceptors (Lipinski definition) is 4. The van der Waals surface area contributed by atoms with E-state index >= 15 is 0 Å². The van der Waals surface area contributed by atoms with Crippen molar-refractivity contribution in [3.8, 4) is 5.75 Å². The molecule has 1 radical (unpaired) electrons. The number of aliphatic hydroxyl groups excluding tert-OH is 1. The Morgan fingerprint density at radius 3 is 3.00 bits per heavy atom. The average molecular weight is 250 g/mol. The topological polar surface area (TPSA) is 41.9 Å². The Morgan fingerprint density at radius 1 is 1.50 bits per heavy atom. The number of benzene rings is 1. The lowest BCUT2D eigenvalue weighted by Gasteiger charge is -2.28. The molecule has 2 rings (SSSR count). The van der Waals surface area contributed by atoms with Gasteiger partial charge in [0.25, 0.3) is 0 Å². The van der Waals surface area contributed by atoms with Gasteiger partial charge in [0.1, 0.15) is 18.5 Å². The fourth-order valence-corrected chi connectivity index (χ4v) is 1.98. The lowest BCUT2D eigenvalue weighted by Crippen LogP contribution is -2.42. The van der Waals surface area contributed by atoms with E-state index < -0.39 is 6.10 Å². The summed E-state index contributed by atoms with van der Waals surface area (Å²) < 4.78 is 10.9. The Balaban J connectivity index is 1.74. The number of β-amino-alcohol motifs (C(OH)–C–C–N with tert-alkyl or cyclic N) is 1. The quantitative estimate of drug-likeness (QED) is 0.842. The van der Waals surface area contributed by atoms with Crippen molar-refractivity contribution >= 4 is 0 Å². The summed E-state index contributed by atoms with van der Waals surface area (Å²) in [6, 6.07) is 8.71. The van der Waals surface area contributed by atoms with Crippen molar-refractivity contribution in [1.82, 2.24) is 4.90 Å². The Labute approximate surface area is 108 Å². The number of nitrogens with zero attached hydrogens (tertiary/aromatic N) is 1. The molecule has 1 fully saturated rings. The van der Waals surface area contributed by atoms with E-state index in [2.05, 4.69) is 11.0 Å². The summed E-state index contributed by atoms with van der Waals surface area (Å²) in [5.74, 6) is 0.790. The van der Waals surface area contributed by atoms with Crippen LogP contribution in [-0.2, 0) is 4.74 Å². The first-order valence-corrected chi connectivity index (χ1v) is 6.34. The van der Waals surface area contributed by atoms with Crippen LogP contribution in [0.1, 0.15) is 5.56 Å². The zero-order chi connectivity index (χ0) is 12.8. The Bertz CT molecular complexity index is 364. The molecule has 4 heteroatoms. The second-order valence-corrected chi connectivity index (χ2v) is 4.54. The predicted octanol–water partition coefficient (Wildman–Crippen LogP) is 0.867. The molecular weight excluding hydrogens is 230 g/mol. The number of aryl methyl sites for hydroxylation is 1. The van der Waals surface area contributed by atoms with E-state index in [1.54, 1.807) is 0 Å². The van der Waals surface area contributed by atoms with E-state index in [0.717, 1.165) is 37.6 Å². The highest BCUT2D eigenvalue weighted by Crippen LogP contribution is 2.15. The summed E-state index contributed by atoms with van der Waals surface area (Å²) in [6.07, 6.45) is -0.470. The van der Waals surface area contributed by atoms with Gasteiger partial charge in [0.2, 0.25) is 0 Å². The normalized spacial score (nSPS) is 18.6. The molecule has 1 saturated heterocycles. The van der Waals surface area contributed by atoms with Gasteiger partial charge < -0.3 is 14.6 Å². The van der Waals surface area contributed by atoms with Crippen molar-refractivity contribution in [2.24, 2.45) is 0 Å². The molecule has 18 heavy (non-hydrogen) atoms. The first kappa shape index (κ1) is 13.3. The van der Waals surface area contributed by atoms with E-state index in [9.17, 15) is 5.11 Å². The molecule has 4 nitrogen and oxygen atoms in total. The minimum absolute atomic E-state index is 0.316. The minimum Gasteiger partial charge on any atom is -0.491 e. The molecule has 0 bridgehead atoms. The van der Waals surface area contributed by atoms with Crippen molar-refractivity contribution in [2.45, 2.75) is 13.0 Å². The first-order valence-electron chi connectivity index (χ1n) is 6.34. The largest absolute Gasteiger partial charge is 0.491 e. The first-order chi connectivity index (χ1) is 8.75. The van der Waals surface area contributed by atoms with Crippen LogP contribution in [0, 0.1) is 13.0 Å². The smallest absolute Gasteiger partial charge is 0.122 e. The summed E-state index contributed by atoms with van der Waals surface area (Å²) in [5, 5.41) is 9.94. The number of rotatable bonds is 5. The standard InChI is InChI=1S/C14H20NO3/c1-12-4-2-3-5-14(12)18-11-13(16)10-15-6-8-17-9-7-15/h2-3,5,13,16H,6-11H2,1H3. The molecule has 1 aromatic rings. The molecule has 1 aliphatic rings. The van der Waals surface area contributed by atoms with Crippen LogP contribution in [0.3, 0.4) is 0 Å².